The van der Waals surface area contributed by atoms with Gasteiger partial charge in [0.15, 0.2) is 0 Å². The largest absolute Gasteiger partial charge is 0.342 e. The number of anilines is 1. The van der Waals surface area contributed by atoms with Crippen molar-refractivity contribution in [2.75, 3.05) is 11.4 Å². The van der Waals surface area contributed by atoms with Gasteiger partial charge in [0.05, 0.1) is 5.71 Å². The van der Waals surface area contributed by atoms with Crippen molar-refractivity contribution in [3.63, 3.8) is 0 Å². The second kappa shape index (κ2) is 5.81. The van der Waals surface area contributed by atoms with Gasteiger partial charge in [-0.25, -0.2) is 0 Å². The number of rotatable bonds is 3. The zero-order chi connectivity index (χ0) is 16.6. The SMILES string of the molecule is CC1=NS(=O)(=O)NC(C)=C1CCC(=O)N1CCc2ccccc21. The van der Waals surface area contributed by atoms with Crippen molar-refractivity contribution in [2.24, 2.45) is 4.40 Å². The van der Waals surface area contributed by atoms with Crippen LogP contribution in [0.25, 0.3) is 0 Å². The van der Waals surface area contributed by atoms with Gasteiger partial charge >= 0.3 is 10.2 Å². The minimum Gasteiger partial charge on any atom is -0.312 e. The number of hydrogen-bond acceptors (Lipinski definition) is 3. The van der Waals surface area contributed by atoms with Crippen LogP contribution in [-0.4, -0.2) is 26.6 Å². The van der Waals surface area contributed by atoms with Crippen molar-refractivity contribution in [1.29, 1.82) is 0 Å². The lowest BCUT2D eigenvalue weighted by Gasteiger charge is -2.20. The predicted molar refractivity (Wildman–Crippen MR) is 89.6 cm³/mol. The Morgan fingerprint density at radius 3 is 2.78 bits per heavy atom. The van der Waals surface area contributed by atoms with Crippen molar-refractivity contribution < 1.29 is 13.2 Å². The molecule has 1 aromatic carbocycles. The van der Waals surface area contributed by atoms with E-state index in [1.54, 1.807) is 13.8 Å². The summed E-state index contributed by atoms with van der Waals surface area (Å²) in [5.41, 5.74) is 3.97. The lowest BCUT2D eigenvalue weighted by atomic mass is 10.0. The Kier molecular flexibility index (Phi) is 3.97. The van der Waals surface area contributed by atoms with Crippen molar-refractivity contribution in [2.45, 2.75) is 33.1 Å². The number of allylic oxidation sites excluding steroid dienone is 2. The summed E-state index contributed by atoms with van der Waals surface area (Å²) in [5, 5.41) is 0. The molecule has 0 spiro atoms. The third-order valence-electron chi connectivity index (χ3n) is 4.21. The molecular weight excluding hydrogens is 314 g/mol. The van der Waals surface area contributed by atoms with Gasteiger partial charge < -0.3 is 4.90 Å². The quantitative estimate of drug-likeness (QED) is 0.918. The number of carbonyl (C=O) groups is 1. The van der Waals surface area contributed by atoms with Gasteiger partial charge in [0.2, 0.25) is 5.91 Å². The van der Waals surface area contributed by atoms with E-state index in [9.17, 15) is 13.2 Å². The average molecular weight is 333 g/mol. The van der Waals surface area contributed by atoms with E-state index in [2.05, 4.69) is 9.12 Å². The van der Waals surface area contributed by atoms with Crippen LogP contribution in [0.2, 0.25) is 0 Å². The van der Waals surface area contributed by atoms with Gasteiger partial charge in [-0.15, -0.1) is 4.40 Å². The normalized spacial score (nSPS) is 19.2. The van der Waals surface area contributed by atoms with Crippen LogP contribution in [0, 0.1) is 0 Å². The smallest absolute Gasteiger partial charge is 0.312 e. The first-order valence-electron chi connectivity index (χ1n) is 7.55. The van der Waals surface area contributed by atoms with Crippen LogP contribution in [0.1, 0.15) is 32.3 Å². The summed E-state index contributed by atoms with van der Waals surface area (Å²) in [5.74, 6) is 0.0523. The Labute approximate surface area is 136 Å². The van der Waals surface area contributed by atoms with Gasteiger partial charge in [-0.1, -0.05) is 18.2 Å². The van der Waals surface area contributed by atoms with E-state index in [1.807, 2.05) is 29.2 Å². The van der Waals surface area contributed by atoms with E-state index in [0.717, 1.165) is 17.7 Å². The average Bonchev–Trinajstić information content (AvgIpc) is 2.88. The highest BCUT2D eigenvalue weighted by Gasteiger charge is 2.25. The van der Waals surface area contributed by atoms with Gasteiger partial charge in [-0.05, 0) is 43.9 Å². The summed E-state index contributed by atoms with van der Waals surface area (Å²) in [6.07, 6.45) is 1.68. The fraction of sp³-hybridized carbons (Fsp3) is 0.375. The molecule has 1 amide bonds. The van der Waals surface area contributed by atoms with Crippen LogP contribution in [-0.2, 0) is 21.4 Å². The second-order valence-electron chi connectivity index (χ2n) is 5.78. The molecule has 0 atom stereocenters. The highest BCUT2D eigenvalue weighted by atomic mass is 32.2. The Morgan fingerprint density at radius 1 is 1.30 bits per heavy atom. The first-order valence-corrected chi connectivity index (χ1v) is 8.99. The topological polar surface area (TPSA) is 78.8 Å². The summed E-state index contributed by atoms with van der Waals surface area (Å²) < 4.78 is 29.0. The monoisotopic (exact) mass is 333 g/mol. The third-order valence-corrected chi connectivity index (χ3v) is 5.28. The molecule has 122 valence electrons. The molecule has 0 saturated carbocycles. The van der Waals surface area contributed by atoms with Crippen molar-refractivity contribution in [1.82, 2.24) is 4.72 Å². The highest BCUT2D eigenvalue weighted by Crippen LogP contribution is 2.28. The molecule has 0 saturated heterocycles. The summed E-state index contributed by atoms with van der Waals surface area (Å²) >= 11 is 0. The maximum atomic E-state index is 12.5. The Bertz CT molecular complexity index is 825. The molecule has 1 aromatic rings. The number of carbonyl (C=O) groups excluding carboxylic acids is 1. The third kappa shape index (κ3) is 3.14. The van der Waals surface area contributed by atoms with Crippen LogP contribution >= 0.6 is 0 Å². The van der Waals surface area contributed by atoms with Gasteiger partial charge in [-0.2, -0.15) is 8.42 Å². The first kappa shape index (κ1) is 15.7. The lowest BCUT2D eigenvalue weighted by Crippen LogP contribution is -2.30. The fourth-order valence-corrected chi connectivity index (χ4v) is 4.14. The van der Waals surface area contributed by atoms with Gasteiger partial charge in [0.1, 0.15) is 0 Å². The van der Waals surface area contributed by atoms with Gasteiger partial charge in [0, 0.05) is 24.4 Å². The van der Waals surface area contributed by atoms with E-state index in [1.165, 1.54) is 5.56 Å². The molecule has 2 aliphatic heterocycles. The molecule has 0 fully saturated rings. The summed E-state index contributed by atoms with van der Waals surface area (Å²) in [7, 11) is -3.62. The molecule has 0 radical (unpaired) electrons. The van der Waals surface area contributed by atoms with E-state index < -0.39 is 10.2 Å². The molecule has 2 aliphatic rings. The van der Waals surface area contributed by atoms with Crippen LogP contribution in [0.5, 0.6) is 0 Å². The molecule has 7 heteroatoms. The summed E-state index contributed by atoms with van der Waals surface area (Å²) in [4.78, 5) is 14.3. The van der Waals surface area contributed by atoms with E-state index in [0.29, 0.717) is 30.8 Å². The molecule has 6 nitrogen and oxygen atoms in total. The van der Waals surface area contributed by atoms with Crippen LogP contribution < -0.4 is 9.62 Å². The fourth-order valence-electron chi connectivity index (χ4n) is 3.12. The minimum absolute atomic E-state index is 0.0523. The zero-order valence-corrected chi connectivity index (χ0v) is 14.0. The van der Waals surface area contributed by atoms with Gasteiger partial charge in [0.25, 0.3) is 0 Å². The summed E-state index contributed by atoms with van der Waals surface area (Å²) in [6, 6.07) is 7.92. The highest BCUT2D eigenvalue weighted by molar-refractivity contribution is 7.88. The Morgan fingerprint density at radius 2 is 2.04 bits per heavy atom. The van der Waals surface area contributed by atoms with Crippen molar-refractivity contribution >= 4 is 27.5 Å². The standard InChI is InChI=1S/C16H19N3O3S/c1-11-14(12(2)18-23(21,22)17-11)7-8-16(20)19-10-9-13-5-3-4-6-15(13)19/h3-6,17H,7-10H2,1-2H3. The molecule has 0 unspecified atom stereocenters. The number of nitrogens with zero attached hydrogens (tertiary/aromatic N) is 2. The number of nitrogens with one attached hydrogen (secondary N) is 1. The van der Waals surface area contributed by atoms with Crippen molar-refractivity contribution in [3.05, 3.63) is 41.1 Å². The number of hydrogen-bond donors (Lipinski definition) is 1. The molecule has 23 heavy (non-hydrogen) atoms. The van der Waals surface area contributed by atoms with Crippen molar-refractivity contribution in [3.8, 4) is 0 Å². The number of fused-ring (bicyclic) bond motifs is 1. The maximum absolute atomic E-state index is 12.5. The predicted octanol–water partition coefficient (Wildman–Crippen LogP) is 1.94. The van der Waals surface area contributed by atoms with Crippen LogP contribution in [0.15, 0.2) is 39.9 Å². The molecule has 0 aliphatic carbocycles. The van der Waals surface area contributed by atoms with Gasteiger partial charge in [-0.3, -0.25) is 9.52 Å². The zero-order valence-electron chi connectivity index (χ0n) is 13.2. The molecule has 1 N–H and O–H groups in total. The van der Waals surface area contributed by atoms with E-state index in [-0.39, 0.29) is 5.91 Å². The first-order chi connectivity index (χ1) is 10.9. The van der Waals surface area contributed by atoms with E-state index in [4.69, 9.17) is 0 Å². The molecule has 2 heterocycles. The maximum Gasteiger partial charge on any atom is 0.342 e. The molecular formula is C16H19N3O3S. The Balaban J connectivity index is 1.70. The van der Waals surface area contributed by atoms with Crippen LogP contribution in [0.4, 0.5) is 5.69 Å². The number of amides is 1. The molecule has 0 bridgehead atoms. The summed E-state index contributed by atoms with van der Waals surface area (Å²) in [6.45, 7) is 4.06. The lowest BCUT2D eigenvalue weighted by molar-refractivity contribution is -0.118. The number of benzene rings is 1. The number of para-hydroxylation sites is 1. The van der Waals surface area contributed by atoms with E-state index >= 15 is 0 Å². The second-order valence-corrected chi connectivity index (χ2v) is 7.12. The Hall–Kier alpha value is -2.15. The minimum atomic E-state index is -3.62. The molecule has 0 aromatic heterocycles. The molecule has 3 rings (SSSR count). The van der Waals surface area contributed by atoms with Crippen LogP contribution in [0.3, 0.4) is 0 Å².